The van der Waals surface area contributed by atoms with Gasteiger partial charge in [0.2, 0.25) is 0 Å². The van der Waals surface area contributed by atoms with Crippen LogP contribution in [0.15, 0.2) is 36.9 Å². The Morgan fingerprint density at radius 3 is 2.67 bits per heavy atom. The third-order valence-corrected chi connectivity index (χ3v) is 3.20. The van der Waals surface area contributed by atoms with Crippen LogP contribution in [0.5, 0.6) is 0 Å². The Morgan fingerprint density at radius 2 is 2.00 bits per heavy atom. The van der Waals surface area contributed by atoms with E-state index in [1.165, 1.54) is 6.08 Å². The molecule has 1 atom stereocenters. The number of hydrogen-bond donors (Lipinski definition) is 1. The van der Waals surface area contributed by atoms with Gasteiger partial charge >= 0.3 is 5.97 Å². The fourth-order valence-electron chi connectivity index (χ4n) is 1.86. The predicted octanol–water partition coefficient (Wildman–Crippen LogP) is 1.97. The van der Waals surface area contributed by atoms with Gasteiger partial charge in [0.1, 0.15) is 0 Å². The van der Waals surface area contributed by atoms with Crippen molar-refractivity contribution >= 4 is 11.9 Å². The van der Waals surface area contributed by atoms with Crippen molar-refractivity contribution in [2.45, 2.75) is 33.1 Å². The molecule has 0 bridgehead atoms. The molecule has 1 aromatic carbocycles. The van der Waals surface area contributed by atoms with Crippen molar-refractivity contribution in [1.29, 1.82) is 0 Å². The third kappa shape index (κ3) is 7.39. The summed E-state index contributed by atoms with van der Waals surface area (Å²) in [6, 6.07) is 7.70. The second-order valence-corrected chi connectivity index (χ2v) is 5.05. The third-order valence-electron chi connectivity index (χ3n) is 3.20. The molecule has 1 amide bonds. The summed E-state index contributed by atoms with van der Waals surface area (Å²) >= 11 is 0. The molecular weight excluding hydrogens is 310 g/mol. The van der Waals surface area contributed by atoms with Crippen molar-refractivity contribution in [3.8, 4) is 0 Å². The van der Waals surface area contributed by atoms with E-state index in [1.54, 1.807) is 6.92 Å². The van der Waals surface area contributed by atoms with E-state index in [0.29, 0.717) is 19.8 Å². The summed E-state index contributed by atoms with van der Waals surface area (Å²) in [7, 11) is 0. The molecule has 1 rings (SSSR count). The van der Waals surface area contributed by atoms with Crippen LogP contribution in [-0.4, -0.2) is 37.8 Å². The van der Waals surface area contributed by atoms with Gasteiger partial charge in [-0.2, -0.15) is 0 Å². The van der Waals surface area contributed by atoms with Crippen molar-refractivity contribution in [2.75, 3.05) is 19.8 Å². The zero-order valence-electron chi connectivity index (χ0n) is 14.2. The number of esters is 1. The minimum absolute atomic E-state index is 0.249. The van der Waals surface area contributed by atoms with E-state index in [1.807, 2.05) is 31.2 Å². The predicted molar refractivity (Wildman–Crippen MR) is 90.2 cm³/mol. The maximum Gasteiger partial charge on any atom is 0.335 e. The molecule has 24 heavy (non-hydrogen) atoms. The largest absolute Gasteiger partial charge is 0.454 e. The number of carbonyl (C=O) groups excluding carboxylic acids is 2. The van der Waals surface area contributed by atoms with Gasteiger partial charge in [-0.25, -0.2) is 4.79 Å². The maximum atomic E-state index is 11.8. The zero-order chi connectivity index (χ0) is 17.8. The molecular formula is C18H25NO5. The van der Waals surface area contributed by atoms with Crippen LogP contribution in [0.25, 0.3) is 0 Å². The zero-order valence-corrected chi connectivity index (χ0v) is 14.2. The van der Waals surface area contributed by atoms with Crippen molar-refractivity contribution in [1.82, 2.24) is 5.32 Å². The summed E-state index contributed by atoms with van der Waals surface area (Å²) in [5.74, 6) is -0.950. The fourth-order valence-corrected chi connectivity index (χ4v) is 1.86. The van der Waals surface area contributed by atoms with Gasteiger partial charge in [0.15, 0.2) is 12.7 Å². The molecule has 6 nitrogen and oxygen atoms in total. The van der Waals surface area contributed by atoms with Crippen LogP contribution in [0.3, 0.4) is 0 Å². The Balaban J connectivity index is 2.38. The van der Waals surface area contributed by atoms with Gasteiger partial charge in [-0.1, -0.05) is 30.3 Å². The van der Waals surface area contributed by atoms with Crippen LogP contribution in [0.1, 0.15) is 25.0 Å². The van der Waals surface area contributed by atoms with Gasteiger partial charge in [-0.15, -0.1) is 6.58 Å². The quantitative estimate of drug-likeness (QED) is 0.494. The van der Waals surface area contributed by atoms with Gasteiger partial charge in [-0.3, -0.25) is 4.79 Å². The van der Waals surface area contributed by atoms with Crippen LogP contribution < -0.4 is 5.32 Å². The smallest absolute Gasteiger partial charge is 0.335 e. The van der Waals surface area contributed by atoms with E-state index in [9.17, 15) is 9.59 Å². The van der Waals surface area contributed by atoms with Crippen molar-refractivity contribution in [3.63, 3.8) is 0 Å². The minimum atomic E-state index is -0.734. The van der Waals surface area contributed by atoms with Crippen LogP contribution in [-0.2, 0) is 37.0 Å². The topological polar surface area (TPSA) is 73.9 Å². The van der Waals surface area contributed by atoms with Gasteiger partial charge in [0, 0.05) is 13.2 Å². The normalized spacial score (nSPS) is 11.6. The number of amides is 1. The van der Waals surface area contributed by atoms with Crippen LogP contribution in [0.4, 0.5) is 0 Å². The minimum Gasteiger partial charge on any atom is -0.454 e. The summed E-state index contributed by atoms with van der Waals surface area (Å²) in [5, 5.41) is 2.72. The number of rotatable bonds is 11. The number of carbonyl (C=O) groups is 2. The highest BCUT2D eigenvalue weighted by Gasteiger charge is 2.16. The lowest BCUT2D eigenvalue weighted by atomic mass is 10.1. The van der Waals surface area contributed by atoms with Gasteiger partial charge in [-0.05, 0) is 25.0 Å². The van der Waals surface area contributed by atoms with Gasteiger partial charge in [0.25, 0.3) is 5.91 Å². The van der Waals surface area contributed by atoms with Crippen molar-refractivity contribution in [3.05, 3.63) is 48.0 Å². The highest BCUT2D eigenvalue weighted by atomic mass is 16.6. The Kier molecular flexibility index (Phi) is 9.41. The number of hydrogen-bond acceptors (Lipinski definition) is 5. The maximum absolute atomic E-state index is 11.8. The summed E-state index contributed by atoms with van der Waals surface area (Å²) in [6.07, 6.45) is 0.804. The van der Waals surface area contributed by atoms with Crippen LogP contribution in [0, 0.1) is 0 Å². The standard InChI is InChI=1S/C18H25NO5/c1-4-10-23-14(3)18(21)24-13-17(20)19-11-15-8-6-7-9-16(15)12-22-5-2/h4,6-9,14H,1,5,10-13H2,2-3H3,(H,19,20). The molecule has 0 spiro atoms. The molecule has 0 saturated carbocycles. The number of ether oxygens (including phenoxy) is 3. The molecule has 0 aliphatic heterocycles. The van der Waals surface area contributed by atoms with Crippen LogP contribution >= 0.6 is 0 Å². The first kappa shape index (κ1) is 19.9. The Hall–Kier alpha value is -2.18. The molecule has 0 saturated heterocycles. The summed E-state index contributed by atoms with van der Waals surface area (Å²) in [4.78, 5) is 23.4. The summed E-state index contributed by atoms with van der Waals surface area (Å²) in [5.41, 5.74) is 1.98. The summed E-state index contributed by atoms with van der Waals surface area (Å²) < 4.78 is 15.4. The molecule has 1 aromatic rings. The molecule has 1 N–H and O–H groups in total. The Morgan fingerprint density at radius 1 is 1.29 bits per heavy atom. The van der Waals surface area contributed by atoms with Crippen molar-refractivity contribution in [2.24, 2.45) is 0 Å². The molecule has 6 heteroatoms. The molecule has 0 radical (unpaired) electrons. The lowest BCUT2D eigenvalue weighted by Gasteiger charge is -2.13. The van der Waals surface area contributed by atoms with Crippen molar-refractivity contribution < 1.29 is 23.8 Å². The SMILES string of the molecule is C=CCOC(C)C(=O)OCC(=O)NCc1ccccc1COCC. The van der Waals surface area contributed by atoms with Gasteiger partial charge < -0.3 is 19.5 Å². The number of nitrogens with one attached hydrogen (secondary N) is 1. The van der Waals surface area contributed by atoms with Gasteiger partial charge in [0.05, 0.1) is 13.2 Å². The number of benzene rings is 1. The first-order valence-corrected chi connectivity index (χ1v) is 7.88. The molecule has 0 heterocycles. The average molecular weight is 335 g/mol. The second-order valence-electron chi connectivity index (χ2n) is 5.05. The Bertz CT molecular complexity index is 544. The molecule has 0 fully saturated rings. The summed E-state index contributed by atoms with van der Waals surface area (Å²) in [6.45, 7) is 8.37. The van der Waals surface area contributed by atoms with E-state index in [4.69, 9.17) is 14.2 Å². The van der Waals surface area contributed by atoms with E-state index in [2.05, 4.69) is 11.9 Å². The first-order chi connectivity index (χ1) is 11.6. The van der Waals surface area contributed by atoms with E-state index in [0.717, 1.165) is 11.1 Å². The molecule has 0 aliphatic carbocycles. The monoisotopic (exact) mass is 335 g/mol. The van der Waals surface area contributed by atoms with E-state index < -0.39 is 12.1 Å². The highest BCUT2D eigenvalue weighted by molar-refractivity contribution is 5.81. The average Bonchev–Trinajstić information content (AvgIpc) is 2.61. The second kappa shape index (κ2) is 11.4. The molecule has 132 valence electrons. The fraction of sp³-hybridized carbons (Fsp3) is 0.444. The first-order valence-electron chi connectivity index (χ1n) is 7.88. The molecule has 0 aromatic heterocycles. The van der Waals surface area contributed by atoms with E-state index in [-0.39, 0.29) is 19.1 Å². The lowest BCUT2D eigenvalue weighted by molar-refractivity contribution is -0.158. The molecule has 1 unspecified atom stereocenters. The lowest BCUT2D eigenvalue weighted by Crippen LogP contribution is -2.31. The Labute approximate surface area is 142 Å². The van der Waals surface area contributed by atoms with E-state index >= 15 is 0 Å². The van der Waals surface area contributed by atoms with Crippen LogP contribution in [0.2, 0.25) is 0 Å². The molecule has 0 aliphatic rings. The highest BCUT2D eigenvalue weighted by Crippen LogP contribution is 2.10.